The lowest BCUT2D eigenvalue weighted by atomic mass is 9.92. The molecule has 0 aliphatic heterocycles. The van der Waals surface area contributed by atoms with Crippen molar-refractivity contribution >= 4 is 27.7 Å². The standard InChI is InChI=1S/C22H16N4O/c23-22(27)17-5-2-1-4-15(17)18-10-13(11-21-19(18)12-25-26-21)14-6-3-7-20-16(14)8-9-24-20/h1-12,24H,(H2,23,27)(H,25,26). The summed E-state index contributed by atoms with van der Waals surface area (Å²) in [5, 5.41) is 9.35. The summed E-state index contributed by atoms with van der Waals surface area (Å²) in [5.41, 5.74) is 12.0. The predicted octanol–water partition coefficient (Wildman–Crippen LogP) is 4.48. The van der Waals surface area contributed by atoms with Crippen molar-refractivity contribution in [3.63, 3.8) is 0 Å². The van der Waals surface area contributed by atoms with E-state index in [0.717, 1.165) is 44.1 Å². The number of nitrogens with one attached hydrogen (secondary N) is 2. The van der Waals surface area contributed by atoms with Crippen LogP contribution in [0, 0.1) is 0 Å². The maximum absolute atomic E-state index is 12.0. The van der Waals surface area contributed by atoms with Gasteiger partial charge in [-0.15, -0.1) is 0 Å². The van der Waals surface area contributed by atoms with Crippen molar-refractivity contribution in [2.45, 2.75) is 0 Å². The molecule has 5 aromatic rings. The molecule has 3 aromatic carbocycles. The van der Waals surface area contributed by atoms with E-state index in [1.165, 1.54) is 0 Å². The van der Waals surface area contributed by atoms with E-state index < -0.39 is 5.91 Å². The molecule has 4 N–H and O–H groups in total. The molecule has 0 saturated heterocycles. The van der Waals surface area contributed by atoms with Crippen LogP contribution in [0.2, 0.25) is 0 Å². The van der Waals surface area contributed by atoms with Crippen LogP contribution >= 0.6 is 0 Å². The van der Waals surface area contributed by atoms with Crippen molar-refractivity contribution in [1.29, 1.82) is 0 Å². The van der Waals surface area contributed by atoms with Gasteiger partial charge in [-0.25, -0.2) is 0 Å². The van der Waals surface area contributed by atoms with Gasteiger partial charge in [-0.2, -0.15) is 5.10 Å². The van der Waals surface area contributed by atoms with Gasteiger partial charge in [0, 0.05) is 28.0 Å². The Morgan fingerprint density at radius 1 is 0.852 bits per heavy atom. The van der Waals surface area contributed by atoms with Crippen molar-refractivity contribution in [2.75, 3.05) is 0 Å². The number of hydrogen-bond acceptors (Lipinski definition) is 2. The number of carbonyl (C=O) groups is 1. The van der Waals surface area contributed by atoms with Crippen molar-refractivity contribution in [2.24, 2.45) is 5.73 Å². The molecule has 27 heavy (non-hydrogen) atoms. The normalized spacial score (nSPS) is 11.3. The molecule has 0 aliphatic rings. The number of benzene rings is 3. The fraction of sp³-hybridized carbons (Fsp3) is 0. The minimum absolute atomic E-state index is 0.444. The van der Waals surface area contributed by atoms with Crippen LogP contribution in [-0.4, -0.2) is 21.1 Å². The Bertz CT molecular complexity index is 1310. The molecular formula is C22H16N4O. The SMILES string of the molecule is NC(=O)c1ccccc1-c1cc(-c2cccc3[nH]ccc23)cc2[nH]ncc12. The summed E-state index contributed by atoms with van der Waals surface area (Å²) in [6.07, 6.45) is 3.72. The molecule has 2 aromatic heterocycles. The van der Waals surface area contributed by atoms with E-state index in [1.54, 1.807) is 12.3 Å². The zero-order valence-electron chi connectivity index (χ0n) is 14.4. The topological polar surface area (TPSA) is 87.6 Å². The minimum atomic E-state index is -0.444. The molecule has 0 unspecified atom stereocenters. The summed E-state index contributed by atoms with van der Waals surface area (Å²) in [5.74, 6) is -0.444. The highest BCUT2D eigenvalue weighted by atomic mass is 16.1. The fourth-order valence-corrected chi connectivity index (χ4v) is 3.70. The second-order valence-electron chi connectivity index (χ2n) is 6.51. The van der Waals surface area contributed by atoms with Gasteiger partial charge in [0.2, 0.25) is 5.91 Å². The Balaban J connectivity index is 1.84. The molecule has 0 radical (unpaired) electrons. The van der Waals surface area contributed by atoms with E-state index in [1.807, 2.05) is 30.5 Å². The lowest BCUT2D eigenvalue weighted by Crippen LogP contribution is -2.12. The van der Waals surface area contributed by atoms with Gasteiger partial charge in [0.05, 0.1) is 11.7 Å². The Hall–Kier alpha value is -3.86. The predicted molar refractivity (Wildman–Crippen MR) is 107 cm³/mol. The second-order valence-corrected chi connectivity index (χ2v) is 6.51. The highest BCUT2D eigenvalue weighted by Gasteiger charge is 2.15. The Labute approximate surface area is 154 Å². The Kier molecular flexibility index (Phi) is 3.33. The van der Waals surface area contributed by atoms with Crippen LogP contribution < -0.4 is 5.73 Å². The number of nitrogens with two attached hydrogens (primary N) is 1. The van der Waals surface area contributed by atoms with Crippen molar-refractivity contribution < 1.29 is 4.79 Å². The lowest BCUT2D eigenvalue weighted by molar-refractivity contribution is 0.100. The summed E-state index contributed by atoms with van der Waals surface area (Å²) in [6.45, 7) is 0. The smallest absolute Gasteiger partial charge is 0.249 e. The highest BCUT2D eigenvalue weighted by Crippen LogP contribution is 2.37. The van der Waals surface area contributed by atoms with Crippen LogP contribution in [0.15, 0.2) is 73.1 Å². The second kappa shape index (κ2) is 5.85. The number of nitrogens with zero attached hydrogens (tertiary/aromatic N) is 1. The van der Waals surface area contributed by atoms with E-state index in [2.05, 4.69) is 45.5 Å². The lowest BCUT2D eigenvalue weighted by Gasteiger charge is -2.11. The third-order valence-corrected chi connectivity index (χ3v) is 4.95. The van der Waals surface area contributed by atoms with Crippen LogP contribution in [0.4, 0.5) is 0 Å². The van der Waals surface area contributed by atoms with Gasteiger partial charge < -0.3 is 10.7 Å². The van der Waals surface area contributed by atoms with E-state index in [0.29, 0.717) is 5.56 Å². The van der Waals surface area contributed by atoms with Gasteiger partial charge in [0.1, 0.15) is 0 Å². The Morgan fingerprint density at radius 3 is 2.59 bits per heavy atom. The third-order valence-electron chi connectivity index (χ3n) is 4.95. The van der Waals surface area contributed by atoms with Crippen LogP contribution in [0.1, 0.15) is 10.4 Å². The van der Waals surface area contributed by atoms with E-state index in [4.69, 9.17) is 5.73 Å². The van der Waals surface area contributed by atoms with Gasteiger partial charge in [0.15, 0.2) is 0 Å². The average Bonchev–Trinajstić information content (AvgIpc) is 3.35. The first-order valence-electron chi connectivity index (χ1n) is 8.65. The maximum atomic E-state index is 12.0. The molecule has 5 nitrogen and oxygen atoms in total. The summed E-state index contributed by atoms with van der Waals surface area (Å²) in [6, 6.07) is 19.8. The largest absolute Gasteiger partial charge is 0.366 e. The average molecular weight is 352 g/mol. The first-order chi connectivity index (χ1) is 13.2. The number of fused-ring (bicyclic) bond motifs is 2. The summed E-state index contributed by atoms with van der Waals surface area (Å²) in [7, 11) is 0. The number of amides is 1. The summed E-state index contributed by atoms with van der Waals surface area (Å²) in [4.78, 5) is 15.2. The number of H-pyrrole nitrogens is 2. The van der Waals surface area contributed by atoms with Gasteiger partial charge in [-0.1, -0.05) is 30.3 Å². The number of aromatic amines is 2. The van der Waals surface area contributed by atoms with Gasteiger partial charge >= 0.3 is 0 Å². The summed E-state index contributed by atoms with van der Waals surface area (Å²) < 4.78 is 0. The third kappa shape index (κ3) is 2.40. The quantitative estimate of drug-likeness (QED) is 0.447. The van der Waals surface area contributed by atoms with Gasteiger partial charge in [0.25, 0.3) is 0 Å². The number of rotatable bonds is 3. The maximum Gasteiger partial charge on any atom is 0.249 e. The first kappa shape index (κ1) is 15.4. The minimum Gasteiger partial charge on any atom is -0.366 e. The first-order valence-corrected chi connectivity index (χ1v) is 8.65. The van der Waals surface area contributed by atoms with Crippen LogP contribution in [0.25, 0.3) is 44.1 Å². The number of primary amides is 1. The number of aromatic nitrogens is 3. The van der Waals surface area contributed by atoms with Gasteiger partial charge in [-0.05, 0) is 52.6 Å². The molecule has 2 heterocycles. The highest BCUT2D eigenvalue weighted by molar-refractivity contribution is 6.07. The van der Waals surface area contributed by atoms with Crippen molar-refractivity contribution in [1.82, 2.24) is 15.2 Å². The Morgan fingerprint density at radius 2 is 1.70 bits per heavy atom. The van der Waals surface area contributed by atoms with Crippen LogP contribution in [0.5, 0.6) is 0 Å². The van der Waals surface area contributed by atoms with E-state index in [-0.39, 0.29) is 0 Å². The molecule has 130 valence electrons. The molecule has 0 fully saturated rings. The molecular weight excluding hydrogens is 336 g/mol. The molecule has 1 amide bonds. The van der Waals surface area contributed by atoms with Crippen LogP contribution in [-0.2, 0) is 0 Å². The summed E-state index contributed by atoms with van der Waals surface area (Å²) >= 11 is 0. The number of hydrogen-bond donors (Lipinski definition) is 3. The van der Waals surface area contributed by atoms with Crippen LogP contribution in [0.3, 0.4) is 0 Å². The zero-order chi connectivity index (χ0) is 18.4. The monoisotopic (exact) mass is 352 g/mol. The van der Waals surface area contributed by atoms with E-state index >= 15 is 0 Å². The molecule has 0 aliphatic carbocycles. The van der Waals surface area contributed by atoms with Crippen molar-refractivity contribution in [3.8, 4) is 22.3 Å². The molecule has 0 saturated carbocycles. The number of carbonyl (C=O) groups excluding carboxylic acids is 1. The fourth-order valence-electron chi connectivity index (χ4n) is 3.70. The molecule has 5 heteroatoms. The molecule has 5 rings (SSSR count). The van der Waals surface area contributed by atoms with Crippen molar-refractivity contribution in [3.05, 3.63) is 78.6 Å². The van der Waals surface area contributed by atoms with Gasteiger partial charge in [-0.3, -0.25) is 9.89 Å². The van der Waals surface area contributed by atoms with E-state index in [9.17, 15) is 4.79 Å². The molecule has 0 spiro atoms. The zero-order valence-corrected chi connectivity index (χ0v) is 14.4. The molecule has 0 bridgehead atoms. The molecule has 0 atom stereocenters.